The standard InChI is InChI=1S/C26H20NOSi.C14H16GeN.Ir/c1-16-11-12-27-22(13-16)19-9-6-8-18-20-14-21-17-7-4-5-10-24(17)29(2,3)25(21)15-23(20)28-26(18)19;1-15(2,3)13-9-10-14(16-11-13)12-7-5-4-6-8-12;/h4-8,10-15H,1-3H3;4-7,9-11H,1-3H3;/q2*-1;. The minimum Gasteiger partial charge on any atom is 0 e. The zero-order valence-corrected chi connectivity index (χ0v) is 32.5. The van der Waals surface area contributed by atoms with Crippen LogP contribution in [-0.4, -0.2) is 31.3 Å². The van der Waals surface area contributed by atoms with Crippen LogP contribution in [0, 0.1) is 19.1 Å². The summed E-state index contributed by atoms with van der Waals surface area (Å²) >= 11 is -1.72. The maximum Gasteiger partial charge on any atom is 0 e. The smallest absolute Gasteiger partial charge is 0 e. The number of benzene rings is 4. The summed E-state index contributed by atoms with van der Waals surface area (Å²) in [5.41, 5.74) is 9.68. The number of fused-ring (bicyclic) bond motifs is 6. The van der Waals surface area contributed by atoms with Gasteiger partial charge in [0.15, 0.2) is 0 Å². The van der Waals surface area contributed by atoms with Gasteiger partial charge in [0.05, 0.1) is 5.58 Å². The summed E-state index contributed by atoms with van der Waals surface area (Å²) < 4.78 is 7.89. The molecular formula is C40H36GeIrN2OSi-2. The third-order valence-corrected chi connectivity index (χ3v) is 16.7. The quantitative estimate of drug-likeness (QED) is 0.132. The fraction of sp³-hybridized carbons (Fsp3) is 0.150. The van der Waals surface area contributed by atoms with Crippen molar-refractivity contribution in [3.8, 4) is 33.6 Å². The van der Waals surface area contributed by atoms with Gasteiger partial charge in [-0.15, -0.1) is 18.2 Å². The number of hydrogen-bond donors (Lipinski definition) is 0. The molecule has 6 heteroatoms. The molecule has 0 spiro atoms. The van der Waals surface area contributed by atoms with Crippen LogP contribution in [0.4, 0.5) is 0 Å². The summed E-state index contributed by atoms with van der Waals surface area (Å²) in [5, 5.41) is 5.28. The maximum atomic E-state index is 6.45. The predicted octanol–water partition coefficient (Wildman–Crippen LogP) is 8.65. The van der Waals surface area contributed by atoms with Gasteiger partial charge in [-0.1, -0.05) is 59.9 Å². The Morgan fingerprint density at radius 3 is 2.24 bits per heavy atom. The SMILES string of the molecule is Cc1ccnc(-c2[c-]ccc3c2oc2cc4c(cc23)-c2ccccc2[Si]4(C)C)c1.[CH3][Ge]([CH3])([CH3])[c]1ccc(-c2[c-]cccc2)nc1.[Ir]. The molecular weight excluding hydrogens is 817 g/mol. The Labute approximate surface area is 288 Å². The second-order valence-electron chi connectivity index (χ2n) is 13.4. The number of furan rings is 1. The number of aromatic nitrogens is 2. The van der Waals surface area contributed by atoms with Crippen molar-refractivity contribution in [2.75, 3.05) is 0 Å². The van der Waals surface area contributed by atoms with Crippen molar-refractivity contribution in [1.82, 2.24) is 9.97 Å². The Bertz CT molecular complexity index is 2180. The predicted molar refractivity (Wildman–Crippen MR) is 194 cm³/mol. The summed E-state index contributed by atoms with van der Waals surface area (Å²) in [4.78, 5) is 9.09. The van der Waals surface area contributed by atoms with Gasteiger partial charge in [-0.3, -0.25) is 0 Å². The van der Waals surface area contributed by atoms with Crippen LogP contribution in [0.5, 0.6) is 0 Å². The van der Waals surface area contributed by atoms with E-state index in [9.17, 15) is 0 Å². The normalized spacial score (nSPS) is 13.0. The number of rotatable bonds is 3. The van der Waals surface area contributed by atoms with Gasteiger partial charge < -0.3 is 9.40 Å². The van der Waals surface area contributed by atoms with Crippen LogP contribution in [0.3, 0.4) is 0 Å². The minimum atomic E-state index is -1.72. The molecule has 7 aromatic rings. The number of pyridine rings is 2. The van der Waals surface area contributed by atoms with Crippen LogP contribution >= 0.6 is 0 Å². The second-order valence-corrected chi connectivity index (χ2v) is 28.4. The Hall–Kier alpha value is -3.61. The van der Waals surface area contributed by atoms with Crippen molar-refractivity contribution in [2.45, 2.75) is 37.3 Å². The van der Waals surface area contributed by atoms with Crippen molar-refractivity contribution < 1.29 is 24.5 Å². The molecule has 231 valence electrons. The Balaban J connectivity index is 0.000000187. The van der Waals surface area contributed by atoms with Gasteiger partial charge in [-0.05, 0) is 52.3 Å². The van der Waals surface area contributed by atoms with Crippen molar-refractivity contribution in [3.05, 3.63) is 127 Å². The second kappa shape index (κ2) is 12.5. The molecule has 0 fully saturated rings. The molecule has 0 aliphatic carbocycles. The molecule has 0 amide bonds. The average Bonchev–Trinajstić information content (AvgIpc) is 3.52. The molecule has 1 radical (unpaired) electrons. The van der Waals surface area contributed by atoms with E-state index in [1.54, 1.807) is 0 Å². The first-order chi connectivity index (χ1) is 21.6. The number of aryl methyl sites for hydroxylation is 1. The van der Waals surface area contributed by atoms with Gasteiger partial charge in [0.1, 0.15) is 13.7 Å². The van der Waals surface area contributed by atoms with E-state index in [-0.39, 0.29) is 20.1 Å². The van der Waals surface area contributed by atoms with Crippen LogP contribution in [-0.2, 0) is 20.1 Å². The van der Waals surface area contributed by atoms with Gasteiger partial charge in [0, 0.05) is 31.7 Å². The van der Waals surface area contributed by atoms with Gasteiger partial charge in [0.2, 0.25) is 0 Å². The zero-order chi connectivity index (χ0) is 31.3. The molecule has 1 aliphatic rings. The van der Waals surface area contributed by atoms with Gasteiger partial charge >= 0.3 is 99.8 Å². The van der Waals surface area contributed by atoms with E-state index in [0.29, 0.717) is 0 Å². The van der Waals surface area contributed by atoms with E-state index >= 15 is 0 Å². The van der Waals surface area contributed by atoms with Crippen molar-refractivity contribution in [2.24, 2.45) is 0 Å². The third-order valence-electron chi connectivity index (χ3n) is 8.92. The zero-order valence-electron chi connectivity index (χ0n) is 27.0. The molecule has 0 saturated carbocycles. The maximum absolute atomic E-state index is 6.45. The third kappa shape index (κ3) is 5.86. The van der Waals surface area contributed by atoms with E-state index < -0.39 is 21.3 Å². The molecule has 4 aromatic carbocycles. The molecule has 0 unspecified atom stereocenters. The van der Waals surface area contributed by atoms with E-state index in [4.69, 9.17) is 4.42 Å². The van der Waals surface area contributed by atoms with E-state index in [0.717, 1.165) is 39.1 Å². The number of hydrogen-bond acceptors (Lipinski definition) is 3. The van der Waals surface area contributed by atoms with Gasteiger partial charge in [-0.25, -0.2) is 0 Å². The molecule has 0 N–H and O–H groups in total. The van der Waals surface area contributed by atoms with Crippen LogP contribution in [0.25, 0.3) is 55.6 Å². The molecule has 4 heterocycles. The molecule has 0 bridgehead atoms. The molecule has 8 rings (SSSR count). The van der Waals surface area contributed by atoms with Crippen LogP contribution < -0.4 is 14.8 Å². The molecule has 46 heavy (non-hydrogen) atoms. The first-order valence-electron chi connectivity index (χ1n) is 15.5. The van der Waals surface area contributed by atoms with Crippen LogP contribution in [0.15, 0.2) is 114 Å². The first kappa shape index (κ1) is 32.3. The summed E-state index contributed by atoms with van der Waals surface area (Å²) in [7, 11) is -1.71. The Morgan fingerprint density at radius 2 is 1.52 bits per heavy atom. The summed E-state index contributed by atoms with van der Waals surface area (Å²) in [5.74, 6) is 7.14. The van der Waals surface area contributed by atoms with Gasteiger partial charge in [0.25, 0.3) is 0 Å². The van der Waals surface area contributed by atoms with E-state index in [1.165, 1.54) is 36.8 Å². The largest absolute Gasteiger partial charge is 0 e. The summed E-state index contributed by atoms with van der Waals surface area (Å²) in [6, 6.07) is 40.5. The molecule has 1 aliphatic heterocycles. The monoisotopic (exact) mass is 855 g/mol. The van der Waals surface area contributed by atoms with Gasteiger partial charge in [-0.2, -0.15) is 0 Å². The van der Waals surface area contributed by atoms with Crippen molar-refractivity contribution >= 4 is 58.0 Å². The Kier molecular flexibility index (Phi) is 8.81. The van der Waals surface area contributed by atoms with Crippen molar-refractivity contribution in [3.63, 3.8) is 0 Å². The molecule has 0 atom stereocenters. The number of nitrogens with zero attached hydrogens (tertiary/aromatic N) is 2. The Morgan fingerprint density at radius 1 is 0.717 bits per heavy atom. The summed E-state index contributed by atoms with van der Waals surface area (Å²) in [6.45, 7) is 6.95. The van der Waals surface area contributed by atoms with E-state index in [1.807, 2.05) is 48.8 Å². The topological polar surface area (TPSA) is 38.9 Å². The van der Waals surface area contributed by atoms with Crippen molar-refractivity contribution in [1.29, 1.82) is 0 Å². The molecule has 0 saturated heterocycles. The average molecular weight is 854 g/mol. The summed E-state index contributed by atoms with van der Waals surface area (Å²) in [6.07, 6.45) is 3.88. The molecule has 3 nitrogen and oxygen atoms in total. The van der Waals surface area contributed by atoms with Crippen LogP contribution in [0.1, 0.15) is 5.56 Å². The van der Waals surface area contributed by atoms with Crippen LogP contribution in [0.2, 0.25) is 30.4 Å². The fourth-order valence-electron chi connectivity index (χ4n) is 6.35. The minimum absolute atomic E-state index is 0. The molecule has 3 aromatic heterocycles. The fourth-order valence-corrected chi connectivity index (χ4v) is 11.6. The first-order valence-corrected chi connectivity index (χ1v) is 25.8. The van der Waals surface area contributed by atoms with E-state index in [2.05, 4.69) is 120 Å².